The Balaban J connectivity index is 0.00000161. The summed E-state index contributed by atoms with van der Waals surface area (Å²) in [6, 6.07) is 29.1. The van der Waals surface area contributed by atoms with E-state index in [2.05, 4.69) is 127 Å². The van der Waals surface area contributed by atoms with Crippen LogP contribution in [0.4, 0.5) is 0 Å². The Morgan fingerprint density at radius 1 is 0.425 bits per heavy atom. The van der Waals surface area contributed by atoms with Gasteiger partial charge in [0.25, 0.3) is 0 Å². The van der Waals surface area contributed by atoms with Gasteiger partial charge in [0.05, 0.1) is 42.8 Å². The zero-order valence-electron chi connectivity index (χ0n) is 22.0. The number of nitrogens with one attached hydrogen (secondary N) is 2. The standard InChI is InChI=1S/C32H20Br2N4.2Li/c33-31-25-15-11-21(35-25)29(19-7-3-1-4-8-19)22-12-16-26(36-22)32(34)28-18-14-24(38-28)30(20-9-5-2-6-10-20)23-13-17-27(31)37-23;;/h1-18,35,37H;;/q;2*+1. The fourth-order valence-corrected chi connectivity index (χ4v) is 5.86. The number of aromatic amines is 2. The van der Waals surface area contributed by atoms with Crippen LogP contribution < -0.4 is 37.7 Å². The van der Waals surface area contributed by atoms with Crippen molar-refractivity contribution in [2.75, 3.05) is 0 Å². The third-order valence-electron chi connectivity index (χ3n) is 6.75. The van der Waals surface area contributed by atoms with Crippen LogP contribution in [0.25, 0.3) is 68.6 Å². The van der Waals surface area contributed by atoms with Gasteiger partial charge in [0, 0.05) is 22.2 Å². The van der Waals surface area contributed by atoms with Crippen LogP contribution >= 0.6 is 31.9 Å². The van der Waals surface area contributed by atoms with Crippen molar-refractivity contribution in [3.63, 3.8) is 0 Å². The van der Waals surface area contributed by atoms with Crippen molar-refractivity contribution in [2.45, 2.75) is 0 Å². The van der Waals surface area contributed by atoms with Gasteiger partial charge in [0.1, 0.15) is 0 Å². The number of H-pyrrole nitrogens is 2. The molecule has 0 aliphatic carbocycles. The van der Waals surface area contributed by atoms with E-state index >= 15 is 0 Å². The first-order chi connectivity index (χ1) is 18.7. The largest absolute Gasteiger partial charge is 1.00 e. The molecule has 4 nitrogen and oxygen atoms in total. The summed E-state index contributed by atoms with van der Waals surface area (Å²) < 4.78 is 1.81. The van der Waals surface area contributed by atoms with E-state index < -0.39 is 0 Å². The maximum absolute atomic E-state index is 5.04. The Morgan fingerprint density at radius 2 is 0.800 bits per heavy atom. The second kappa shape index (κ2) is 12.0. The molecule has 7 rings (SSSR count). The molecule has 8 bridgehead atoms. The smallest absolute Gasteiger partial charge is 0.354 e. The van der Waals surface area contributed by atoms with Crippen LogP contribution in [-0.2, 0) is 0 Å². The number of nitrogens with zero attached hydrogens (tertiary/aromatic N) is 2. The Hall–Kier alpha value is -2.81. The molecule has 5 heterocycles. The molecule has 3 aromatic heterocycles. The van der Waals surface area contributed by atoms with Gasteiger partial charge in [-0.05, 0) is 91.6 Å². The number of aromatic nitrogens is 4. The van der Waals surface area contributed by atoms with Crippen molar-refractivity contribution in [1.82, 2.24) is 19.9 Å². The van der Waals surface area contributed by atoms with Crippen LogP contribution in [0.15, 0.2) is 93.9 Å². The predicted molar refractivity (Wildman–Crippen MR) is 165 cm³/mol. The molecule has 2 aromatic carbocycles. The van der Waals surface area contributed by atoms with Gasteiger partial charge in [0.2, 0.25) is 0 Å². The summed E-state index contributed by atoms with van der Waals surface area (Å²) in [6.07, 6.45) is 8.22. The summed E-state index contributed by atoms with van der Waals surface area (Å²) in [7, 11) is 0. The monoisotopic (exact) mass is 632 g/mol. The summed E-state index contributed by atoms with van der Waals surface area (Å²) >= 11 is 7.66. The van der Waals surface area contributed by atoms with Gasteiger partial charge in [-0.25, -0.2) is 9.97 Å². The second-order valence-corrected chi connectivity index (χ2v) is 10.7. The molecule has 8 heteroatoms. The van der Waals surface area contributed by atoms with E-state index in [1.165, 1.54) is 0 Å². The number of halogens is 2. The van der Waals surface area contributed by atoms with E-state index in [0.29, 0.717) is 0 Å². The van der Waals surface area contributed by atoms with Crippen molar-refractivity contribution < 1.29 is 37.7 Å². The summed E-state index contributed by atoms with van der Waals surface area (Å²) in [5, 5.41) is 0. The van der Waals surface area contributed by atoms with Crippen molar-refractivity contribution >= 4 is 78.2 Å². The summed E-state index contributed by atoms with van der Waals surface area (Å²) in [4.78, 5) is 17.3. The molecule has 2 N–H and O–H groups in total. The van der Waals surface area contributed by atoms with E-state index in [9.17, 15) is 0 Å². The number of hydrogen-bond acceptors (Lipinski definition) is 2. The van der Waals surface area contributed by atoms with Crippen molar-refractivity contribution in [2.24, 2.45) is 0 Å². The minimum Gasteiger partial charge on any atom is -0.354 e. The van der Waals surface area contributed by atoms with Gasteiger partial charge in [-0.15, -0.1) is 0 Å². The Kier molecular flexibility index (Phi) is 8.59. The average molecular weight is 634 g/mol. The van der Waals surface area contributed by atoms with E-state index in [-0.39, 0.29) is 37.7 Å². The van der Waals surface area contributed by atoms with Crippen molar-refractivity contribution in [3.8, 4) is 22.3 Å². The molecule has 0 saturated heterocycles. The molecule has 0 spiro atoms. The fraction of sp³-hybridized carbons (Fsp3) is 0. The maximum Gasteiger partial charge on any atom is 1.00 e. The SMILES string of the molecule is Brc1c2nc(c(-c3ccccc3)c3ccc([nH]3)c(Br)c3ccc([nH]3)c(-c3ccccc3)c3nc1C=C3)C=C2.[Li+].[Li+]. The minimum atomic E-state index is 0. The first kappa shape index (κ1) is 28.7. The zero-order valence-corrected chi connectivity index (χ0v) is 25.2. The van der Waals surface area contributed by atoms with Crippen molar-refractivity contribution in [1.29, 1.82) is 0 Å². The molecule has 2 aliphatic heterocycles. The first-order valence-corrected chi connectivity index (χ1v) is 13.8. The molecule has 0 radical (unpaired) electrons. The van der Waals surface area contributed by atoms with E-state index in [4.69, 9.17) is 9.97 Å². The van der Waals surface area contributed by atoms with Crippen LogP contribution in [0.5, 0.6) is 0 Å². The summed E-state index contributed by atoms with van der Waals surface area (Å²) in [6.45, 7) is 0. The molecule has 0 unspecified atom stereocenters. The van der Waals surface area contributed by atoms with Crippen LogP contribution in [0.2, 0.25) is 0 Å². The van der Waals surface area contributed by atoms with Crippen LogP contribution in [-0.4, -0.2) is 19.9 Å². The third-order valence-corrected chi connectivity index (χ3v) is 8.42. The molecular formula is C32H20Br2Li2N4+2. The molecular weight excluding hydrogens is 614 g/mol. The third kappa shape index (κ3) is 5.17. The summed E-state index contributed by atoms with van der Waals surface area (Å²) in [5.41, 5.74) is 11.7. The topological polar surface area (TPSA) is 57.4 Å². The molecule has 0 amide bonds. The van der Waals surface area contributed by atoms with Gasteiger partial charge in [0.15, 0.2) is 0 Å². The number of benzene rings is 2. The maximum atomic E-state index is 5.04. The van der Waals surface area contributed by atoms with E-state index in [0.717, 1.165) is 76.0 Å². The molecule has 0 atom stereocenters. The molecule has 5 aromatic rings. The fourth-order valence-electron chi connectivity index (χ4n) is 4.95. The molecule has 2 aliphatic rings. The van der Waals surface area contributed by atoms with Gasteiger partial charge >= 0.3 is 37.7 Å². The average Bonchev–Trinajstić information content (AvgIpc) is 3.77. The molecule has 40 heavy (non-hydrogen) atoms. The first-order valence-electron chi connectivity index (χ1n) is 12.2. The van der Waals surface area contributed by atoms with Gasteiger partial charge in [-0.1, -0.05) is 60.7 Å². The van der Waals surface area contributed by atoms with Gasteiger partial charge in [-0.2, -0.15) is 0 Å². The van der Waals surface area contributed by atoms with E-state index in [1.54, 1.807) is 0 Å². The zero-order chi connectivity index (χ0) is 25.6. The Labute approximate surface area is 272 Å². The second-order valence-electron chi connectivity index (χ2n) is 9.11. The molecule has 182 valence electrons. The quantitative estimate of drug-likeness (QED) is 0.287. The Bertz CT molecular complexity index is 1800. The van der Waals surface area contributed by atoms with Crippen molar-refractivity contribution in [3.05, 3.63) is 117 Å². The Morgan fingerprint density at radius 3 is 1.23 bits per heavy atom. The number of fused-ring (bicyclic) bond motifs is 8. The summed E-state index contributed by atoms with van der Waals surface area (Å²) in [5.74, 6) is 0. The van der Waals surface area contributed by atoms with Crippen LogP contribution in [0.1, 0.15) is 22.8 Å². The number of rotatable bonds is 2. The predicted octanol–water partition coefficient (Wildman–Crippen LogP) is 3.52. The van der Waals surface area contributed by atoms with Gasteiger partial charge < -0.3 is 9.97 Å². The molecule has 0 fully saturated rings. The van der Waals surface area contributed by atoms with Gasteiger partial charge in [-0.3, -0.25) is 0 Å². The normalized spacial score (nSPS) is 11.7. The van der Waals surface area contributed by atoms with Crippen LogP contribution in [0, 0.1) is 0 Å². The minimum absolute atomic E-state index is 0. The van der Waals surface area contributed by atoms with E-state index in [1.807, 2.05) is 24.3 Å². The molecule has 0 saturated carbocycles. The number of hydrogen-bond donors (Lipinski definition) is 2. The van der Waals surface area contributed by atoms with Crippen LogP contribution in [0.3, 0.4) is 0 Å².